The first-order valence-corrected chi connectivity index (χ1v) is 5.89. The summed E-state index contributed by atoms with van der Waals surface area (Å²) in [5.41, 5.74) is 0. The third-order valence-electron chi connectivity index (χ3n) is 3.06. The van der Waals surface area contributed by atoms with Gasteiger partial charge in [-0.15, -0.1) is 0 Å². The second kappa shape index (κ2) is 5.33. The molecule has 1 saturated heterocycles. The maximum absolute atomic E-state index is 10.6. The van der Waals surface area contributed by atoms with Crippen molar-refractivity contribution in [3.63, 3.8) is 0 Å². The van der Waals surface area contributed by atoms with E-state index >= 15 is 0 Å². The summed E-state index contributed by atoms with van der Waals surface area (Å²) in [6, 6.07) is 3.67. The first kappa shape index (κ1) is 12.1. The summed E-state index contributed by atoms with van der Waals surface area (Å²) in [4.78, 5) is 12.9. The van der Waals surface area contributed by atoms with Crippen LogP contribution in [0.3, 0.4) is 0 Å². The highest BCUT2D eigenvalue weighted by atomic mass is 16.4. The summed E-state index contributed by atoms with van der Waals surface area (Å²) in [6.07, 6.45) is 2.36. The molecule has 2 rings (SSSR count). The molecule has 1 aromatic heterocycles. The van der Waals surface area contributed by atoms with E-state index in [1.165, 1.54) is 12.5 Å². The number of hydrogen-bond donors (Lipinski definition) is 2. The smallest absolute Gasteiger partial charge is 0.371 e. The van der Waals surface area contributed by atoms with Crippen molar-refractivity contribution in [1.29, 1.82) is 0 Å². The van der Waals surface area contributed by atoms with Crippen LogP contribution in [0, 0.1) is 0 Å². The minimum absolute atomic E-state index is 0.00237. The predicted octanol–water partition coefficient (Wildman–Crippen LogP) is 1.16. The number of hydrogen-bond acceptors (Lipinski definition) is 4. The van der Waals surface area contributed by atoms with Gasteiger partial charge in [-0.1, -0.05) is 0 Å². The lowest BCUT2D eigenvalue weighted by Crippen LogP contribution is -2.43. The molecule has 1 unspecified atom stereocenters. The van der Waals surface area contributed by atoms with Gasteiger partial charge in [-0.2, -0.15) is 0 Å². The molecule has 1 aliphatic heterocycles. The largest absolute Gasteiger partial charge is 0.475 e. The monoisotopic (exact) mass is 238 g/mol. The minimum Gasteiger partial charge on any atom is -0.475 e. The highest BCUT2D eigenvalue weighted by Gasteiger charge is 2.17. The third kappa shape index (κ3) is 3.31. The number of aromatic carboxylic acids is 1. The molecule has 2 heterocycles. The molecule has 1 fully saturated rings. The van der Waals surface area contributed by atoms with Crippen molar-refractivity contribution in [2.75, 3.05) is 20.1 Å². The van der Waals surface area contributed by atoms with Crippen molar-refractivity contribution in [2.24, 2.45) is 0 Å². The standard InChI is InChI=1S/C12H18N2O3/c1-14-6-2-3-9(8-14)13-7-10-4-5-11(17-10)12(15)16/h4-5,9,13H,2-3,6-8H2,1H3,(H,15,16). The molecule has 0 bridgehead atoms. The Balaban J connectivity index is 1.82. The summed E-state index contributed by atoms with van der Waals surface area (Å²) < 4.78 is 5.19. The molecule has 2 N–H and O–H groups in total. The second-order valence-electron chi connectivity index (χ2n) is 4.55. The Morgan fingerprint density at radius 2 is 2.47 bits per heavy atom. The van der Waals surface area contributed by atoms with Crippen LogP contribution in [-0.2, 0) is 6.54 Å². The molecular weight excluding hydrogens is 220 g/mol. The van der Waals surface area contributed by atoms with Crippen molar-refractivity contribution in [3.05, 3.63) is 23.7 Å². The average Bonchev–Trinajstić information content (AvgIpc) is 2.75. The number of nitrogens with zero attached hydrogens (tertiary/aromatic N) is 1. The third-order valence-corrected chi connectivity index (χ3v) is 3.06. The van der Waals surface area contributed by atoms with E-state index in [4.69, 9.17) is 9.52 Å². The van der Waals surface area contributed by atoms with Gasteiger partial charge >= 0.3 is 5.97 Å². The molecule has 17 heavy (non-hydrogen) atoms. The number of likely N-dealkylation sites (tertiary alicyclic amines) is 1. The zero-order chi connectivity index (χ0) is 12.3. The van der Waals surface area contributed by atoms with Crippen LogP contribution in [0.5, 0.6) is 0 Å². The average molecular weight is 238 g/mol. The minimum atomic E-state index is -1.02. The van der Waals surface area contributed by atoms with E-state index < -0.39 is 5.97 Å². The topological polar surface area (TPSA) is 65.7 Å². The summed E-state index contributed by atoms with van der Waals surface area (Å²) in [5, 5.41) is 12.1. The molecule has 0 amide bonds. The highest BCUT2D eigenvalue weighted by molar-refractivity contribution is 5.84. The van der Waals surface area contributed by atoms with E-state index in [1.54, 1.807) is 6.07 Å². The summed E-state index contributed by atoms with van der Waals surface area (Å²) >= 11 is 0. The van der Waals surface area contributed by atoms with E-state index in [-0.39, 0.29) is 5.76 Å². The van der Waals surface area contributed by atoms with Crippen molar-refractivity contribution in [3.8, 4) is 0 Å². The summed E-state index contributed by atoms with van der Waals surface area (Å²) in [7, 11) is 2.11. The number of carboxylic acids is 1. The van der Waals surface area contributed by atoms with Crippen LogP contribution in [0.15, 0.2) is 16.5 Å². The molecule has 1 aliphatic rings. The fourth-order valence-corrected chi connectivity index (χ4v) is 2.17. The number of nitrogens with one attached hydrogen (secondary N) is 1. The van der Waals surface area contributed by atoms with Crippen molar-refractivity contribution in [1.82, 2.24) is 10.2 Å². The molecule has 0 saturated carbocycles. The molecule has 5 heteroatoms. The van der Waals surface area contributed by atoms with Gasteiger partial charge in [0.05, 0.1) is 6.54 Å². The van der Waals surface area contributed by atoms with Crippen LogP contribution in [0.25, 0.3) is 0 Å². The fraction of sp³-hybridized carbons (Fsp3) is 0.583. The van der Waals surface area contributed by atoms with Gasteiger partial charge in [-0.25, -0.2) is 4.79 Å². The Bertz CT molecular complexity index is 389. The van der Waals surface area contributed by atoms with Gasteiger partial charge in [0.1, 0.15) is 5.76 Å². The molecular formula is C12H18N2O3. The zero-order valence-corrected chi connectivity index (χ0v) is 9.98. The van der Waals surface area contributed by atoms with E-state index in [9.17, 15) is 4.79 Å². The number of carboxylic acid groups (broad SMARTS) is 1. The molecule has 0 aliphatic carbocycles. The summed E-state index contributed by atoms with van der Waals surface area (Å²) in [6.45, 7) is 2.78. The molecule has 1 aromatic rings. The predicted molar refractivity (Wildman–Crippen MR) is 63.0 cm³/mol. The number of carbonyl (C=O) groups is 1. The lowest BCUT2D eigenvalue weighted by molar-refractivity contribution is 0.0660. The fourth-order valence-electron chi connectivity index (χ4n) is 2.17. The van der Waals surface area contributed by atoms with Gasteiger partial charge in [0, 0.05) is 12.6 Å². The lowest BCUT2D eigenvalue weighted by Gasteiger charge is -2.30. The number of piperidine rings is 1. The lowest BCUT2D eigenvalue weighted by atomic mass is 10.1. The zero-order valence-electron chi connectivity index (χ0n) is 9.98. The molecule has 0 aromatic carbocycles. The van der Waals surface area contributed by atoms with Crippen molar-refractivity contribution < 1.29 is 14.3 Å². The van der Waals surface area contributed by atoms with Gasteiger partial charge in [-0.05, 0) is 38.6 Å². The maximum atomic E-state index is 10.6. The molecule has 0 spiro atoms. The van der Waals surface area contributed by atoms with Gasteiger partial charge in [-0.3, -0.25) is 0 Å². The number of likely N-dealkylation sites (N-methyl/N-ethyl adjacent to an activating group) is 1. The van der Waals surface area contributed by atoms with Gasteiger partial charge < -0.3 is 19.7 Å². The van der Waals surface area contributed by atoms with Crippen molar-refractivity contribution >= 4 is 5.97 Å². The van der Waals surface area contributed by atoms with Crippen LogP contribution in [-0.4, -0.2) is 42.2 Å². The Morgan fingerprint density at radius 1 is 1.65 bits per heavy atom. The quantitative estimate of drug-likeness (QED) is 0.824. The van der Waals surface area contributed by atoms with Gasteiger partial charge in [0.25, 0.3) is 0 Å². The molecule has 94 valence electrons. The second-order valence-corrected chi connectivity index (χ2v) is 4.55. The Kier molecular flexibility index (Phi) is 3.81. The maximum Gasteiger partial charge on any atom is 0.371 e. The Labute approximate surface area is 100 Å². The Morgan fingerprint density at radius 3 is 3.12 bits per heavy atom. The van der Waals surface area contributed by atoms with Crippen LogP contribution in [0.1, 0.15) is 29.2 Å². The number of furan rings is 1. The van der Waals surface area contributed by atoms with E-state index in [0.29, 0.717) is 18.3 Å². The SMILES string of the molecule is CN1CCCC(NCc2ccc(C(=O)O)o2)C1. The first-order valence-electron chi connectivity index (χ1n) is 5.89. The molecule has 1 atom stereocenters. The van der Waals surface area contributed by atoms with Crippen LogP contribution in [0.4, 0.5) is 0 Å². The van der Waals surface area contributed by atoms with Gasteiger partial charge in [0.2, 0.25) is 5.76 Å². The van der Waals surface area contributed by atoms with Crippen LogP contribution >= 0.6 is 0 Å². The summed E-state index contributed by atoms with van der Waals surface area (Å²) in [5.74, 6) is -0.341. The van der Waals surface area contributed by atoms with E-state index in [1.807, 2.05) is 0 Å². The normalized spacial score (nSPS) is 21.6. The highest BCUT2D eigenvalue weighted by Crippen LogP contribution is 2.11. The van der Waals surface area contributed by atoms with Gasteiger partial charge in [0.15, 0.2) is 0 Å². The van der Waals surface area contributed by atoms with Crippen LogP contribution < -0.4 is 5.32 Å². The number of rotatable bonds is 4. The Hall–Kier alpha value is -1.33. The van der Waals surface area contributed by atoms with E-state index in [2.05, 4.69) is 17.3 Å². The van der Waals surface area contributed by atoms with Crippen LogP contribution in [0.2, 0.25) is 0 Å². The molecule has 5 nitrogen and oxygen atoms in total. The van der Waals surface area contributed by atoms with Crippen molar-refractivity contribution in [2.45, 2.75) is 25.4 Å². The molecule has 0 radical (unpaired) electrons. The first-order chi connectivity index (χ1) is 8.15. The van der Waals surface area contributed by atoms with E-state index in [0.717, 1.165) is 19.5 Å².